The van der Waals surface area contributed by atoms with E-state index in [0.717, 1.165) is 18.4 Å². The lowest BCUT2D eigenvalue weighted by Crippen LogP contribution is -2.39. The van der Waals surface area contributed by atoms with E-state index in [9.17, 15) is 4.39 Å². The summed E-state index contributed by atoms with van der Waals surface area (Å²) >= 11 is 0. The summed E-state index contributed by atoms with van der Waals surface area (Å²) in [5.41, 5.74) is 8.26. The fourth-order valence-electron chi connectivity index (χ4n) is 2.28. The van der Waals surface area contributed by atoms with Crippen LogP contribution in [0.15, 0.2) is 54.6 Å². The summed E-state index contributed by atoms with van der Waals surface area (Å²) in [6.07, 6.45) is 2.52. The van der Waals surface area contributed by atoms with Crippen molar-refractivity contribution in [1.82, 2.24) is 0 Å². The van der Waals surface area contributed by atoms with Crippen molar-refractivity contribution in [2.75, 3.05) is 0 Å². The minimum Gasteiger partial charge on any atom is -0.325 e. The number of hydrogen-bond donors (Lipinski definition) is 1. The van der Waals surface area contributed by atoms with Gasteiger partial charge in [0.2, 0.25) is 0 Å². The zero-order chi connectivity index (χ0) is 13.7. The van der Waals surface area contributed by atoms with Crippen LogP contribution in [0.3, 0.4) is 0 Å². The van der Waals surface area contributed by atoms with Crippen molar-refractivity contribution < 1.29 is 4.39 Å². The first-order valence-electron chi connectivity index (χ1n) is 6.62. The Bertz CT molecular complexity index is 520. The van der Waals surface area contributed by atoms with Gasteiger partial charge in [-0.2, -0.15) is 0 Å². The van der Waals surface area contributed by atoms with Crippen LogP contribution >= 0.6 is 0 Å². The highest BCUT2D eigenvalue weighted by Gasteiger charge is 2.19. The summed E-state index contributed by atoms with van der Waals surface area (Å²) in [6.45, 7) is 2.03. The molecule has 0 heterocycles. The SMILES string of the molecule is CC(N)(CCc1ccccc1)Cc1cccc(F)c1. The van der Waals surface area contributed by atoms with Gasteiger partial charge in [0.15, 0.2) is 0 Å². The van der Waals surface area contributed by atoms with Crippen molar-refractivity contribution in [3.63, 3.8) is 0 Å². The predicted molar refractivity (Wildman–Crippen MR) is 77.5 cm³/mol. The Hall–Kier alpha value is -1.67. The van der Waals surface area contributed by atoms with Crippen molar-refractivity contribution in [1.29, 1.82) is 0 Å². The van der Waals surface area contributed by atoms with Crippen molar-refractivity contribution in [2.24, 2.45) is 5.73 Å². The number of aryl methyl sites for hydroxylation is 1. The van der Waals surface area contributed by atoms with Gasteiger partial charge in [0, 0.05) is 5.54 Å². The van der Waals surface area contributed by atoms with Crippen LogP contribution in [0.1, 0.15) is 24.5 Å². The first-order chi connectivity index (χ1) is 9.05. The molecule has 0 saturated heterocycles. The highest BCUT2D eigenvalue weighted by Crippen LogP contribution is 2.18. The average Bonchev–Trinajstić information content (AvgIpc) is 2.37. The number of nitrogens with two attached hydrogens (primary N) is 1. The van der Waals surface area contributed by atoms with Crippen LogP contribution in [0.2, 0.25) is 0 Å². The minimum atomic E-state index is -0.316. The zero-order valence-corrected chi connectivity index (χ0v) is 11.3. The molecule has 2 aromatic carbocycles. The average molecular weight is 257 g/mol. The summed E-state index contributed by atoms with van der Waals surface area (Å²) in [5.74, 6) is -0.198. The second-order valence-electron chi connectivity index (χ2n) is 5.45. The van der Waals surface area contributed by atoms with Gasteiger partial charge >= 0.3 is 0 Å². The van der Waals surface area contributed by atoms with Gasteiger partial charge in [-0.15, -0.1) is 0 Å². The molecule has 0 aliphatic rings. The highest BCUT2D eigenvalue weighted by atomic mass is 19.1. The third-order valence-corrected chi connectivity index (χ3v) is 3.32. The third-order valence-electron chi connectivity index (χ3n) is 3.32. The van der Waals surface area contributed by atoms with E-state index in [0.29, 0.717) is 6.42 Å². The fraction of sp³-hybridized carbons (Fsp3) is 0.294. The number of hydrogen-bond acceptors (Lipinski definition) is 1. The van der Waals surface area contributed by atoms with Crippen LogP contribution in [0.4, 0.5) is 4.39 Å². The van der Waals surface area contributed by atoms with Gasteiger partial charge in [-0.1, -0.05) is 42.5 Å². The molecule has 0 radical (unpaired) electrons. The van der Waals surface area contributed by atoms with Crippen LogP contribution in [-0.4, -0.2) is 5.54 Å². The Morgan fingerprint density at radius 2 is 1.68 bits per heavy atom. The fourth-order valence-corrected chi connectivity index (χ4v) is 2.28. The van der Waals surface area contributed by atoms with Crippen molar-refractivity contribution >= 4 is 0 Å². The summed E-state index contributed by atoms with van der Waals surface area (Å²) in [7, 11) is 0. The smallest absolute Gasteiger partial charge is 0.123 e. The standard InChI is InChI=1S/C17H20FN/c1-17(19,11-10-14-6-3-2-4-7-14)13-15-8-5-9-16(18)12-15/h2-9,12H,10-11,13,19H2,1H3. The monoisotopic (exact) mass is 257 g/mol. The molecule has 0 aromatic heterocycles. The predicted octanol–water partition coefficient (Wildman–Crippen LogP) is 3.72. The molecule has 1 unspecified atom stereocenters. The van der Waals surface area contributed by atoms with Crippen LogP contribution in [0.5, 0.6) is 0 Å². The van der Waals surface area contributed by atoms with E-state index < -0.39 is 0 Å². The van der Waals surface area contributed by atoms with Crippen molar-refractivity contribution in [3.8, 4) is 0 Å². The van der Waals surface area contributed by atoms with E-state index in [1.807, 2.05) is 31.2 Å². The lowest BCUT2D eigenvalue weighted by molar-refractivity contribution is 0.429. The lowest BCUT2D eigenvalue weighted by Gasteiger charge is -2.25. The minimum absolute atomic E-state index is 0.198. The highest BCUT2D eigenvalue weighted by molar-refractivity contribution is 5.20. The molecule has 0 bridgehead atoms. The normalized spacial score (nSPS) is 14.1. The van der Waals surface area contributed by atoms with Gasteiger partial charge in [0.05, 0.1) is 0 Å². The second-order valence-corrected chi connectivity index (χ2v) is 5.45. The molecule has 0 spiro atoms. The van der Waals surface area contributed by atoms with Gasteiger partial charge in [-0.3, -0.25) is 0 Å². The third kappa shape index (κ3) is 4.49. The Labute approximate surface area is 114 Å². The summed E-state index contributed by atoms with van der Waals surface area (Å²) < 4.78 is 13.2. The molecule has 0 fully saturated rings. The van der Waals surface area contributed by atoms with E-state index in [2.05, 4.69) is 12.1 Å². The maximum Gasteiger partial charge on any atom is 0.123 e. The van der Waals surface area contributed by atoms with Gasteiger partial charge in [0.25, 0.3) is 0 Å². The molecule has 2 heteroatoms. The number of rotatable bonds is 5. The summed E-state index contributed by atoms with van der Waals surface area (Å²) in [4.78, 5) is 0. The molecule has 0 aliphatic heterocycles. The Morgan fingerprint density at radius 1 is 1.00 bits per heavy atom. The van der Waals surface area contributed by atoms with E-state index in [4.69, 9.17) is 5.73 Å². The lowest BCUT2D eigenvalue weighted by atomic mass is 9.88. The largest absolute Gasteiger partial charge is 0.325 e. The number of benzene rings is 2. The molecule has 19 heavy (non-hydrogen) atoms. The van der Waals surface area contributed by atoms with Crippen molar-refractivity contribution in [3.05, 3.63) is 71.5 Å². The molecule has 2 N–H and O–H groups in total. The molecule has 0 saturated carbocycles. The molecule has 1 atom stereocenters. The Morgan fingerprint density at radius 3 is 2.37 bits per heavy atom. The Kier molecular flexibility index (Phi) is 4.33. The van der Waals surface area contributed by atoms with Crippen LogP contribution in [0, 0.1) is 5.82 Å². The molecule has 0 aliphatic carbocycles. The van der Waals surface area contributed by atoms with Crippen LogP contribution < -0.4 is 5.73 Å². The van der Waals surface area contributed by atoms with Crippen molar-refractivity contribution in [2.45, 2.75) is 31.7 Å². The molecule has 0 amide bonds. The van der Waals surface area contributed by atoms with E-state index in [1.165, 1.54) is 11.6 Å². The first-order valence-corrected chi connectivity index (χ1v) is 6.62. The quantitative estimate of drug-likeness (QED) is 0.868. The molecule has 1 nitrogen and oxygen atoms in total. The summed E-state index contributed by atoms with van der Waals surface area (Å²) in [5, 5.41) is 0. The van der Waals surface area contributed by atoms with Crippen LogP contribution in [0.25, 0.3) is 0 Å². The summed E-state index contributed by atoms with van der Waals surface area (Å²) in [6, 6.07) is 17.0. The van der Waals surface area contributed by atoms with E-state index >= 15 is 0 Å². The van der Waals surface area contributed by atoms with Crippen LogP contribution in [-0.2, 0) is 12.8 Å². The molecule has 100 valence electrons. The first kappa shape index (κ1) is 13.8. The van der Waals surface area contributed by atoms with Gasteiger partial charge in [-0.25, -0.2) is 4.39 Å². The van der Waals surface area contributed by atoms with Gasteiger partial charge < -0.3 is 5.73 Å². The molecular weight excluding hydrogens is 237 g/mol. The molecular formula is C17H20FN. The maximum absolute atomic E-state index is 13.2. The topological polar surface area (TPSA) is 26.0 Å². The molecule has 2 aromatic rings. The van der Waals surface area contributed by atoms with E-state index in [-0.39, 0.29) is 11.4 Å². The molecule has 2 rings (SSSR count). The van der Waals surface area contributed by atoms with Gasteiger partial charge in [-0.05, 0) is 49.4 Å². The Balaban J connectivity index is 1.95. The number of halogens is 1. The van der Waals surface area contributed by atoms with E-state index in [1.54, 1.807) is 12.1 Å². The second kappa shape index (κ2) is 5.98. The maximum atomic E-state index is 13.2. The zero-order valence-electron chi connectivity index (χ0n) is 11.3. The van der Waals surface area contributed by atoms with Gasteiger partial charge in [0.1, 0.15) is 5.82 Å².